The van der Waals surface area contributed by atoms with E-state index in [4.69, 9.17) is 20.8 Å². The van der Waals surface area contributed by atoms with E-state index in [9.17, 15) is 0 Å². The van der Waals surface area contributed by atoms with Crippen molar-refractivity contribution in [1.82, 2.24) is 4.98 Å². The molecule has 1 heterocycles. The third kappa shape index (κ3) is 3.68. The maximum Gasteiger partial charge on any atom is 0.225 e. The Kier molecular flexibility index (Phi) is 4.76. The lowest BCUT2D eigenvalue weighted by molar-refractivity contribution is 0.342. The number of oxazole rings is 1. The monoisotopic (exact) mass is 313 g/mol. The Bertz CT molecular complexity index is 691. The van der Waals surface area contributed by atoms with Crippen molar-refractivity contribution in [3.63, 3.8) is 0 Å². The Labute approximate surface area is 134 Å². The van der Waals surface area contributed by atoms with Crippen molar-refractivity contribution in [2.45, 2.75) is 6.42 Å². The fourth-order valence-electron chi connectivity index (χ4n) is 2.23. The van der Waals surface area contributed by atoms with E-state index in [1.807, 2.05) is 24.3 Å². The number of hydrogen-bond donors (Lipinski definition) is 0. The topological polar surface area (TPSA) is 35.3 Å². The summed E-state index contributed by atoms with van der Waals surface area (Å²) in [6, 6.07) is 16.3. The molecule has 3 rings (SSSR count). The first-order chi connectivity index (χ1) is 10.8. The van der Waals surface area contributed by atoms with Gasteiger partial charge in [0.1, 0.15) is 18.6 Å². The molecule has 0 atom stereocenters. The summed E-state index contributed by atoms with van der Waals surface area (Å²) in [5.41, 5.74) is 3.46. The molecular formula is C18H16ClNO2. The maximum absolute atomic E-state index is 5.60. The van der Waals surface area contributed by atoms with Crippen molar-refractivity contribution < 1.29 is 9.15 Å². The average Bonchev–Trinajstić information content (AvgIpc) is 3.09. The van der Waals surface area contributed by atoms with Crippen LogP contribution in [-0.4, -0.2) is 17.5 Å². The molecule has 112 valence electrons. The van der Waals surface area contributed by atoms with Gasteiger partial charge >= 0.3 is 0 Å². The molecule has 0 aliphatic carbocycles. The molecule has 0 fully saturated rings. The second kappa shape index (κ2) is 7.14. The van der Waals surface area contributed by atoms with Gasteiger partial charge in [0, 0.05) is 5.56 Å². The Morgan fingerprint density at radius 1 is 0.955 bits per heavy atom. The van der Waals surface area contributed by atoms with Gasteiger partial charge in [0.15, 0.2) is 0 Å². The molecule has 0 N–H and O–H groups in total. The first kappa shape index (κ1) is 14.7. The largest absolute Gasteiger partial charge is 0.492 e. The van der Waals surface area contributed by atoms with Crippen LogP contribution in [0, 0.1) is 0 Å². The van der Waals surface area contributed by atoms with Gasteiger partial charge in [-0.15, -0.1) is 11.6 Å². The summed E-state index contributed by atoms with van der Waals surface area (Å²) in [5.74, 6) is 1.99. The normalized spacial score (nSPS) is 10.6. The van der Waals surface area contributed by atoms with Crippen LogP contribution in [0.5, 0.6) is 5.75 Å². The molecule has 22 heavy (non-hydrogen) atoms. The van der Waals surface area contributed by atoms with Crippen molar-refractivity contribution in [3.8, 4) is 17.2 Å². The highest BCUT2D eigenvalue weighted by Crippen LogP contribution is 2.20. The summed E-state index contributed by atoms with van der Waals surface area (Å²) in [5, 5.41) is 0. The molecule has 0 aliphatic heterocycles. The van der Waals surface area contributed by atoms with Gasteiger partial charge in [-0.05, 0) is 41.8 Å². The van der Waals surface area contributed by atoms with Crippen molar-refractivity contribution in [3.05, 3.63) is 72.1 Å². The van der Waals surface area contributed by atoms with Crippen LogP contribution in [-0.2, 0) is 6.42 Å². The lowest BCUT2D eigenvalue weighted by Gasteiger charge is -2.06. The standard InChI is InChI=1S/C18H16ClNO2/c19-9-11-21-17-7-3-15(4-8-17)13-14-1-5-16(6-2-14)18-20-10-12-22-18/h1-8,10,12H,9,11,13H2. The minimum absolute atomic E-state index is 0.499. The summed E-state index contributed by atoms with van der Waals surface area (Å²) >= 11 is 5.60. The van der Waals surface area contributed by atoms with Gasteiger partial charge in [0.05, 0.1) is 12.1 Å². The summed E-state index contributed by atoms with van der Waals surface area (Å²) < 4.78 is 10.8. The minimum Gasteiger partial charge on any atom is -0.492 e. The van der Waals surface area contributed by atoms with E-state index in [-0.39, 0.29) is 0 Å². The molecule has 3 aromatic rings. The molecule has 4 heteroatoms. The van der Waals surface area contributed by atoms with Gasteiger partial charge in [-0.3, -0.25) is 0 Å². The smallest absolute Gasteiger partial charge is 0.225 e. The first-order valence-electron chi connectivity index (χ1n) is 7.11. The van der Waals surface area contributed by atoms with Crippen molar-refractivity contribution in [2.24, 2.45) is 0 Å². The second-order valence-electron chi connectivity index (χ2n) is 4.89. The predicted octanol–water partition coefficient (Wildman–Crippen LogP) is 4.55. The van der Waals surface area contributed by atoms with Crippen molar-refractivity contribution in [1.29, 1.82) is 0 Å². The van der Waals surface area contributed by atoms with Gasteiger partial charge in [-0.25, -0.2) is 4.98 Å². The molecule has 0 aliphatic rings. The van der Waals surface area contributed by atoms with Gasteiger partial charge in [0.25, 0.3) is 0 Å². The van der Waals surface area contributed by atoms with Crippen LogP contribution in [0.15, 0.2) is 65.4 Å². The zero-order chi connectivity index (χ0) is 15.2. The fourth-order valence-corrected chi connectivity index (χ4v) is 2.30. The molecule has 2 aromatic carbocycles. The Hall–Kier alpha value is -2.26. The molecule has 0 saturated heterocycles. The molecule has 0 bridgehead atoms. The molecule has 0 saturated carbocycles. The molecular weight excluding hydrogens is 298 g/mol. The quantitative estimate of drug-likeness (QED) is 0.626. The number of nitrogens with zero attached hydrogens (tertiary/aromatic N) is 1. The number of rotatable bonds is 6. The van der Waals surface area contributed by atoms with Gasteiger partial charge in [0.2, 0.25) is 5.89 Å². The SMILES string of the molecule is ClCCOc1ccc(Cc2ccc(-c3ncco3)cc2)cc1. The number of halogens is 1. The van der Waals surface area contributed by atoms with Crippen LogP contribution in [0.1, 0.15) is 11.1 Å². The number of alkyl halides is 1. The summed E-state index contributed by atoms with van der Waals surface area (Å²) in [4.78, 5) is 4.14. The van der Waals surface area contributed by atoms with Crippen LogP contribution in [0.4, 0.5) is 0 Å². The summed E-state index contributed by atoms with van der Waals surface area (Å²) in [7, 11) is 0. The number of ether oxygens (including phenoxy) is 1. The van der Waals surface area contributed by atoms with Gasteiger partial charge < -0.3 is 9.15 Å². The van der Waals surface area contributed by atoms with Crippen LogP contribution in [0.25, 0.3) is 11.5 Å². The average molecular weight is 314 g/mol. The van der Waals surface area contributed by atoms with E-state index in [0.29, 0.717) is 18.4 Å². The lowest BCUT2D eigenvalue weighted by Crippen LogP contribution is -1.98. The number of benzene rings is 2. The number of aromatic nitrogens is 1. The predicted molar refractivity (Wildman–Crippen MR) is 87.4 cm³/mol. The van der Waals surface area contributed by atoms with E-state index >= 15 is 0 Å². The Morgan fingerprint density at radius 3 is 2.23 bits per heavy atom. The van der Waals surface area contributed by atoms with E-state index in [0.717, 1.165) is 17.7 Å². The van der Waals surface area contributed by atoms with Crippen LogP contribution >= 0.6 is 11.6 Å². The third-order valence-corrected chi connectivity index (χ3v) is 3.46. The fraction of sp³-hybridized carbons (Fsp3) is 0.167. The van der Waals surface area contributed by atoms with Gasteiger partial charge in [-0.1, -0.05) is 24.3 Å². The summed E-state index contributed by atoms with van der Waals surface area (Å²) in [6.45, 7) is 0.531. The highest BCUT2D eigenvalue weighted by atomic mass is 35.5. The third-order valence-electron chi connectivity index (χ3n) is 3.31. The Morgan fingerprint density at radius 2 is 1.64 bits per heavy atom. The second-order valence-corrected chi connectivity index (χ2v) is 5.27. The zero-order valence-corrected chi connectivity index (χ0v) is 12.8. The lowest BCUT2D eigenvalue weighted by atomic mass is 10.0. The zero-order valence-electron chi connectivity index (χ0n) is 12.0. The number of hydrogen-bond acceptors (Lipinski definition) is 3. The molecule has 0 spiro atoms. The van der Waals surface area contributed by atoms with E-state index in [2.05, 4.69) is 29.2 Å². The van der Waals surface area contributed by atoms with E-state index < -0.39 is 0 Å². The summed E-state index contributed by atoms with van der Waals surface area (Å²) in [6.07, 6.45) is 4.11. The maximum atomic E-state index is 5.60. The minimum atomic E-state index is 0.499. The van der Waals surface area contributed by atoms with Crippen molar-refractivity contribution >= 4 is 11.6 Å². The van der Waals surface area contributed by atoms with Gasteiger partial charge in [-0.2, -0.15) is 0 Å². The molecule has 0 unspecified atom stereocenters. The van der Waals surface area contributed by atoms with Crippen LogP contribution < -0.4 is 4.74 Å². The van der Waals surface area contributed by atoms with Crippen LogP contribution in [0.2, 0.25) is 0 Å². The molecule has 0 radical (unpaired) electrons. The molecule has 3 nitrogen and oxygen atoms in total. The molecule has 1 aromatic heterocycles. The first-order valence-corrected chi connectivity index (χ1v) is 7.65. The Balaban J connectivity index is 1.65. The van der Waals surface area contributed by atoms with Crippen molar-refractivity contribution in [2.75, 3.05) is 12.5 Å². The highest BCUT2D eigenvalue weighted by Gasteiger charge is 2.03. The molecule has 0 amide bonds. The van der Waals surface area contributed by atoms with Crippen LogP contribution in [0.3, 0.4) is 0 Å². The highest BCUT2D eigenvalue weighted by molar-refractivity contribution is 6.18. The van der Waals surface area contributed by atoms with E-state index in [1.54, 1.807) is 12.5 Å². The van der Waals surface area contributed by atoms with E-state index in [1.165, 1.54) is 11.1 Å².